The van der Waals surface area contributed by atoms with Gasteiger partial charge in [-0.3, -0.25) is 4.79 Å². The number of phenols is 2. The van der Waals surface area contributed by atoms with E-state index in [9.17, 15) is 19.8 Å². The van der Waals surface area contributed by atoms with E-state index < -0.39 is 11.9 Å². The summed E-state index contributed by atoms with van der Waals surface area (Å²) in [5, 5.41) is 30.5. The molecule has 0 aromatic heterocycles. The number of amides is 1. The van der Waals surface area contributed by atoms with Crippen molar-refractivity contribution in [2.75, 3.05) is 0 Å². The second-order valence-electron chi connectivity index (χ2n) is 4.36. The first-order valence-electron chi connectivity index (χ1n) is 6.10. The van der Waals surface area contributed by atoms with Crippen molar-refractivity contribution in [1.29, 1.82) is 0 Å². The van der Waals surface area contributed by atoms with Crippen LogP contribution < -0.4 is 5.32 Å². The summed E-state index contributed by atoms with van der Waals surface area (Å²) in [6.45, 7) is 0.145. The van der Waals surface area contributed by atoms with E-state index in [2.05, 4.69) is 5.32 Å². The Morgan fingerprint density at radius 1 is 0.952 bits per heavy atom. The lowest BCUT2D eigenvalue weighted by Crippen LogP contribution is -2.23. The lowest BCUT2D eigenvalue weighted by Gasteiger charge is -2.08. The van der Waals surface area contributed by atoms with Crippen LogP contribution >= 0.6 is 0 Å². The van der Waals surface area contributed by atoms with Crippen molar-refractivity contribution in [3.63, 3.8) is 0 Å². The van der Waals surface area contributed by atoms with E-state index in [1.54, 1.807) is 12.1 Å². The van der Waals surface area contributed by atoms with Crippen LogP contribution in [0.25, 0.3) is 0 Å². The van der Waals surface area contributed by atoms with Gasteiger partial charge in [0.25, 0.3) is 5.91 Å². The molecular weight excluding hydrogens is 274 g/mol. The highest BCUT2D eigenvalue weighted by Gasteiger charge is 2.15. The number of carbonyl (C=O) groups is 2. The molecule has 0 saturated carbocycles. The van der Waals surface area contributed by atoms with E-state index in [0.717, 1.165) is 0 Å². The second kappa shape index (κ2) is 5.96. The molecule has 0 fully saturated rings. The predicted molar refractivity (Wildman–Crippen MR) is 74.3 cm³/mol. The number of phenolic OH excluding ortho intramolecular Hbond substituents is 2. The zero-order valence-corrected chi connectivity index (χ0v) is 10.9. The normalized spacial score (nSPS) is 10.1. The number of benzene rings is 2. The molecule has 6 heteroatoms. The molecule has 108 valence electrons. The van der Waals surface area contributed by atoms with Crippen molar-refractivity contribution in [3.05, 3.63) is 59.2 Å². The van der Waals surface area contributed by atoms with Crippen LogP contribution in [0.3, 0.4) is 0 Å². The van der Waals surface area contributed by atoms with Crippen molar-refractivity contribution in [2.24, 2.45) is 0 Å². The van der Waals surface area contributed by atoms with Gasteiger partial charge in [-0.1, -0.05) is 18.2 Å². The fourth-order valence-electron chi connectivity index (χ4n) is 1.80. The number of rotatable bonds is 4. The SMILES string of the molecule is O=C(O)c1ccc(CNC(=O)c2c(O)cccc2O)cc1. The average Bonchev–Trinajstić information content (AvgIpc) is 2.45. The van der Waals surface area contributed by atoms with E-state index in [0.29, 0.717) is 5.56 Å². The first-order chi connectivity index (χ1) is 9.99. The minimum Gasteiger partial charge on any atom is -0.507 e. The Hall–Kier alpha value is -3.02. The molecule has 0 aliphatic carbocycles. The summed E-state index contributed by atoms with van der Waals surface area (Å²) in [5.41, 5.74) is 0.659. The van der Waals surface area contributed by atoms with Gasteiger partial charge in [0.15, 0.2) is 0 Å². The first-order valence-corrected chi connectivity index (χ1v) is 6.10. The van der Waals surface area contributed by atoms with E-state index >= 15 is 0 Å². The Bertz CT molecular complexity index is 659. The monoisotopic (exact) mass is 287 g/mol. The van der Waals surface area contributed by atoms with Gasteiger partial charge in [-0.2, -0.15) is 0 Å². The largest absolute Gasteiger partial charge is 0.507 e. The van der Waals surface area contributed by atoms with E-state index in [1.165, 1.54) is 30.3 Å². The van der Waals surface area contributed by atoms with Crippen LogP contribution in [0.1, 0.15) is 26.3 Å². The lowest BCUT2D eigenvalue weighted by molar-refractivity contribution is 0.0696. The van der Waals surface area contributed by atoms with Crippen LogP contribution in [0.5, 0.6) is 11.5 Å². The van der Waals surface area contributed by atoms with Gasteiger partial charge < -0.3 is 20.6 Å². The highest BCUT2D eigenvalue weighted by molar-refractivity contribution is 5.99. The Morgan fingerprint density at radius 2 is 1.52 bits per heavy atom. The van der Waals surface area contributed by atoms with Crippen LogP contribution in [-0.4, -0.2) is 27.2 Å². The summed E-state index contributed by atoms with van der Waals surface area (Å²) in [6, 6.07) is 10.0. The molecule has 0 aliphatic heterocycles. The van der Waals surface area contributed by atoms with Crippen molar-refractivity contribution in [3.8, 4) is 11.5 Å². The number of hydrogen-bond acceptors (Lipinski definition) is 4. The van der Waals surface area contributed by atoms with Gasteiger partial charge in [-0.15, -0.1) is 0 Å². The smallest absolute Gasteiger partial charge is 0.335 e. The third kappa shape index (κ3) is 3.30. The van der Waals surface area contributed by atoms with Gasteiger partial charge in [-0.25, -0.2) is 4.79 Å². The molecule has 2 aromatic rings. The zero-order valence-electron chi connectivity index (χ0n) is 10.9. The molecule has 0 saturated heterocycles. The number of nitrogens with one attached hydrogen (secondary N) is 1. The van der Waals surface area contributed by atoms with Crippen LogP contribution in [0.4, 0.5) is 0 Å². The van der Waals surface area contributed by atoms with Crippen molar-refractivity contribution in [1.82, 2.24) is 5.32 Å². The number of carboxylic acids is 1. The van der Waals surface area contributed by atoms with Gasteiger partial charge in [0.05, 0.1) is 5.56 Å². The minimum absolute atomic E-state index is 0.145. The van der Waals surface area contributed by atoms with E-state index in [4.69, 9.17) is 5.11 Å². The molecule has 1 amide bonds. The molecule has 4 N–H and O–H groups in total. The fraction of sp³-hybridized carbons (Fsp3) is 0.0667. The molecule has 0 heterocycles. The Kier molecular flexibility index (Phi) is 4.08. The lowest BCUT2D eigenvalue weighted by atomic mass is 10.1. The van der Waals surface area contributed by atoms with Crippen molar-refractivity contribution >= 4 is 11.9 Å². The molecule has 0 spiro atoms. The van der Waals surface area contributed by atoms with Crippen molar-refractivity contribution < 1.29 is 24.9 Å². The summed E-state index contributed by atoms with van der Waals surface area (Å²) < 4.78 is 0. The molecule has 0 bridgehead atoms. The highest BCUT2D eigenvalue weighted by atomic mass is 16.4. The van der Waals surface area contributed by atoms with E-state index in [-0.39, 0.29) is 29.2 Å². The van der Waals surface area contributed by atoms with Gasteiger partial charge in [0.2, 0.25) is 0 Å². The third-order valence-electron chi connectivity index (χ3n) is 2.90. The molecule has 0 radical (unpaired) electrons. The summed E-state index contributed by atoms with van der Waals surface area (Å²) in [5.74, 6) is -2.26. The van der Waals surface area contributed by atoms with Crippen LogP contribution in [0.2, 0.25) is 0 Å². The number of aromatic carboxylic acids is 1. The molecule has 0 unspecified atom stereocenters. The third-order valence-corrected chi connectivity index (χ3v) is 2.90. The molecule has 2 rings (SSSR count). The Morgan fingerprint density at radius 3 is 2.05 bits per heavy atom. The maximum atomic E-state index is 11.9. The fourth-order valence-corrected chi connectivity index (χ4v) is 1.80. The Balaban J connectivity index is 2.06. The number of hydrogen-bond donors (Lipinski definition) is 4. The summed E-state index contributed by atoms with van der Waals surface area (Å²) >= 11 is 0. The van der Waals surface area contributed by atoms with Gasteiger partial charge in [0.1, 0.15) is 17.1 Å². The first kappa shape index (κ1) is 14.4. The zero-order chi connectivity index (χ0) is 15.4. The summed E-state index contributed by atoms with van der Waals surface area (Å²) in [4.78, 5) is 22.6. The quantitative estimate of drug-likeness (QED) is 0.685. The molecule has 6 nitrogen and oxygen atoms in total. The topological polar surface area (TPSA) is 107 Å². The van der Waals surface area contributed by atoms with E-state index in [1.807, 2.05) is 0 Å². The predicted octanol–water partition coefficient (Wildman–Crippen LogP) is 1.73. The molecular formula is C15H13NO5. The van der Waals surface area contributed by atoms with Gasteiger partial charge >= 0.3 is 5.97 Å². The second-order valence-corrected chi connectivity index (χ2v) is 4.36. The molecule has 0 atom stereocenters. The van der Waals surface area contributed by atoms with Crippen LogP contribution in [0.15, 0.2) is 42.5 Å². The maximum absolute atomic E-state index is 11.9. The van der Waals surface area contributed by atoms with Gasteiger partial charge in [0, 0.05) is 6.54 Å². The number of carbonyl (C=O) groups excluding carboxylic acids is 1. The maximum Gasteiger partial charge on any atom is 0.335 e. The van der Waals surface area contributed by atoms with Crippen LogP contribution in [0, 0.1) is 0 Å². The molecule has 21 heavy (non-hydrogen) atoms. The Labute approximate surface area is 120 Å². The van der Waals surface area contributed by atoms with Crippen molar-refractivity contribution in [2.45, 2.75) is 6.54 Å². The average molecular weight is 287 g/mol. The summed E-state index contributed by atoms with van der Waals surface area (Å²) in [6.07, 6.45) is 0. The van der Waals surface area contributed by atoms with Gasteiger partial charge in [-0.05, 0) is 29.8 Å². The molecule has 2 aromatic carbocycles. The number of carboxylic acid groups (broad SMARTS) is 1. The van der Waals surface area contributed by atoms with Crippen LogP contribution in [-0.2, 0) is 6.54 Å². The highest BCUT2D eigenvalue weighted by Crippen LogP contribution is 2.25. The molecule has 0 aliphatic rings. The summed E-state index contributed by atoms with van der Waals surface area (Å²) in [7, 11) is 0. The minimum atomic E-state index is -1.02. The standard InChI is InChI=1S/C15H13NO5/c17-11-2-1-3-12(18)13(11)14(19)16-8-9-4-6-10(7-5-9)15(20)21/h1-7,17-18H,8H2,(H,16,19)(H,20,21). The number of aromatic hydroxyl groups is 2.